The van der Waals surface area contributed by atoms with Crippen LogP contribution < -0.4 is 5.32 Å². The van der Waals surface area contributed by atoms with Crippen LogP contribution >= 0.6 is 22.9 Å². The highest BCUT2D eigenvalue weighted by molar-refractivity contribution is 7.16. The Kier molecular flexibility index (Phi) is 3.19. The molecule has 0 aliphatic carbocycles. The topological polar surface area (TPSA) is 12.0 Å². The second-order valence-electron chi connectivity index (χ2n) is 2.06. The van der Waals surface area contributed by atoms with E-state index < -0.39 is 0 Å². The minimum absolute atomic E-state index is 0.881. The Bertz CT molecular complexity index is 197. The highest BCUT2D eigenvalue weighted by Gasteiger charge is 1.95. The van der Waals surface area contributed by atoms with Crippen LogP contribution in [0.1, 0.15) is 4.88 Å². The quantitative estimate of drug-likeness (QED) is 0.743. The van der Waals surface area contributed by atoms with Crippen LogP contribution in [0.5, 0.6) is 0 Å². The largest absolute Gasteiger partial charge is 0.319 e. The van der Waals surface area contributed by atoms with Crippen LogP contribution in [0, 0.1) is 0 Å². The molecule has 0 saturated carbocycles. The van der Waals surface area contributed by atoms with Crippen molar-refractivity contribution in [2.24, 2.45) is 0 Å². The third-order valence-corrected chi connectivity index (χ3v) is 2.54. The van der Waals surface area contributed by atoms with Gasteiger partial charge in [0.2, 0.25) is 0 Å². The van der Waals surface area contributed by atoms with Gasteiger partial charge in [-0.2, -0.15) is 0 Å². The van der Waals surface area contributed by atoms with Crippen LogP contribution in [0.2, 0.25) is 4.34 Å². The van der Waals surface area contributed by atoms with Gasteiger partial charge in [-0.1, -0.05) is 11.6 Å². The lowest BCUT2D eigenvalue weighted by atomic mass is 10.3. The van der Waals surface area contributed by atoms with Gasteiger partial charge in [0.25, 0.3) is 0 Å². The van der Waals surface area contributed by atoms with Gasteiger partial charge in [-0.3, -0.25) is 0 Å². The van der Waals surface area contributed by atoms with E-state index in [0.717, 1.165) is 17.3 Å². The maximum Gasteiger partial charge on any atom is 0.0931 e. The molecule has 10 heavy (non-hydrogen) atoms. The predicted octanol–water partition coefficient (Wildman–Crippen LogP) is 2.16. The fourth-order valence-electron chi connectivity index (χ4n) is 0.734. The lowest BCUT2D eigenvalue weighted by Crippen LogP contribution is -2.09. The van der Waals surface area contributed by atoms with Gasteiger partial charge >= 0.3 is 0 Å². The average Bonchev–Trinajstić information content (AvgIpc) is 2.31. The molecule has 1 N–H and O–H groups in total. The summed E-state index contributed by atoms with van der Waals surface area (Å²) in [6, 6.07) is 4.02. The minimum Gasteiger partial charge on any atom is -0.319 e. The van der Waals surface area contributed by atoms with Gasteiger partial charge in [0, 0.05) is 4.88 Å². The zero-order valence-corrected chi connectivity index (χ0v) is 7.43. The SMILES string of the molecule is CNCCc1ccc(Cl)s1. The molecule has 0 fully saturated rings. The van der Waals surface area contributed by atoms with Gasteiger partial charge in [-0.05, 0) is 32.1 Å². The molecule has 1 nitrogen and oxygen atoms in total. The third kappa shape index (κ3) is 2.29. The van der Waals surface area contributed by atoms with Gasteiger partial charge in [-0.15, -0.1) is 11.3 Å². The Labute approximate surface area is 70.0 Å². The number of hydrogen-bond donors (Lipinski definition) is 1. The Morgan fingerprint density at radius 3 is 2.90 bits per heavy atom. The molecule has 0 aliphatic heterocycles. The number of halogens is 1. The lowest BCUT2D eigenvalue weighted by Gasteiger charge is -1.93. The zero-order chi connectivity index (χ0) is 7.40. The summed E-state index contributed by atoms with van der Waals surface area (Å²) in [6.07, 6.45) is 1.08. The van der Waals surface area contributed by atoms with E-state index in [1.807, 2.05) is 13.1 Å². The Morgan fingerprint density at radius 1 is 1.60 bits per heavy atom. The Hall–Kier alpha value is -0.0500. The van der Waals surface area contributed by atoms with E-state index in [9.17, 15) is 0 Å². The molecule has 0 radical (unpaired) electrons. The molecule has 56 valence electrons. The van der Waals surface area contributed by atoms with Gasteiger partial charge in [0.15, 0.2) is 0 Å². The molecule has 0 spiro atoms. The first-order chi connectivity index (χ1) is 4.83. The average molecular weight is 176 g/mol. The van der Waals surface area contributed by atoms with E-state index in [2.05, 4.69) is 11.4 Å². The molecular formula is C7H10ClNS. The maximum atomic E-state index is 5.74. The summed E-state index contributed by atoms with van der Waals surface area (Å²) in [4.78, 5) is 1.35. The van der Waals surface area contributed by atoms with Crippen molar-refractivity contribution in [2.75, 3.05) is 13.6 Å². The summed E-state index contributed by atoms with van der Waals surface area (Å²) >= 11 is 7.39. The van der Waals surface area contributed by atoms with E-state index >= 15 is 0 Å². The van der Waals surface area contributed by atoms with Crippen LogP contribution in [0.15, 0.2) is 12.1 Å². The summed E-state index contributed by atoms with van der Waals surface area (Å²) in [7, 11) is 1.95. The molecule has 1 aromatic heterocycles. The zero-order valence-electron chi connectivity index (χ0n) is 5.86. The van der Waals surface area contributed by atoms with E-state index in [1.165, 1.54) is 4.88 Å². The number of hydrogen-bond acceptors (Lipinski definition) is 2. The monoisotopic (exact) mass is 175 g/mol. The van der Waals surface area contributed by atoms with Crippen molar-refractivity contribution in [3.8, 4) is 0 Å². The molecule has 1 rings (SSSR count). The van der Waals surface area contributed by atoms with Crippen molar-refractivity contribution in [3.63, 3.8) is 0 Å². The predicted molar refractivity (Wildman–Crippen MR) is 47.0 cm³/mol. The first kappa shape index (κ1) is 8.05. The first-order valence-corrected chi connectivity index (χ1v) is 4.41. The summed E-state index contributed by atoms with van der Waals surface area (Å²) in [5, 5.41) is 3.09. The molecule has 1 aromatic rings. The molecule has 0 unspecified atom stereocenters. The molecule has 0 aliphatic rings. The molecule has 1 heterocycles. The second-order valence-corrected chi connectivity index (χ2v) is 3.86. The van der Waals surface area contributed by atoms with E-state index in [4.69, 9.17) is 11.6 Å². The van der Waals surface area contributed by atoms with Crippen molar-refractivity contribution < 1.29 is 0 Å². The highest BCUT2D eigenvalue weighted by atomic mass is 35.5. The van der Waals surface area contributed by atoms with E-state index in [-0.39, 0.29) is 0 Å². The molecule has 0 aromatic carbocycles. The molecule has 0 amide bonds. The van der Waals surface area contributed by atoms with Crippen molar-refractivity contribution in [1.29, 1.82) is 0 Å². The third-order valence-electron chi connectivity index (χ3n) is 1.25. The van der Waals surface area contributed by atoms with Gasteiger partial charge in [0.05, 0.1) is 4.34 Å². The number of likely N-dealkylation sites (N-methyl/N-ethyl adjacent to an activating group) is 1. The van der Waals surface area contributed by atoms with Crippen LogP contribution in [-0.4, -0.2) is 13.6 Å². The van der Waals surface area contributed by atoms with Gasteiger partial charge < -0.3 is 5.32 Å². The maximum absolute atomic E-state index is 5.74. The van der Waals surface area contributed by atoms with Crippen LogP contribution in [0.25, 0.3) is 0 Å². The van der Waals surface area contributed by atoms with Gasteiger partial charge in [0.1, 0.15) is 0 Å². The fraction of sp³-hybridized carbons (Fsp3) is 0.429. The highest BCUT2D eigenvalue weighted by Crippen LogP contribution is 2.21. The standard InChI is InChI=1S/C7H10ClNS/c1-9-5-4-6-2-3-7(8)10-6/h2-3,9H,4-5H2,1H3. The minimum atomic E-state index is 0.881. The van der Waals surface area contributed by atoms with E-state index in [0.29, 0.717) is 0 Å². The number of nitrogens with one attached hydrogen (secondary N) is 1. The molecule has 0 atom stereocenters. The molecule has 0 saturated heterocycles. The van der Waals surface area contributed by atoms with E-state index in [1.54, 1.807) is 11.3 Å². The second kappa shape index (κ2) is 3.96. The van der Waals surface area contributed by atoms with Crippen LogP contribution in [0.4, 0.5) is 0 Å². The first-order valence-electron chi connectivity index (χ1n) is 3.22. The Balaban J connectivity index is 2.42. The summed E-state index contributed by atoms with van der Waals surface area (Å²) in [5.74, 6) is 0. The fourth-order valence-corrected chi connectivity index (χ4v) is 1.82. The molecular weight excluding hydrogens is 166 g/mol. The summed E-state index contributed by atoms with van der Waals surface area (Å²) in [5.41, 5.74) is 0. The Morgan fingerprint density at radius 2 is 2.40 bits per heavy atom. The van der Waals surface area contributed by atoms with Gasteiger partial charge in [-0.25, -0.2) is 0 Å². The lowest BCUT2D eigenvalue weighted by molar-refractivity contribution is 0.799. The van der Waals surface area contributed by atoms with Crippen LogP contribution in [0.3, 0.4) is 0 Å². The molecule has 3 heteroatoms. The van der Waals surface area contributed by atoms with Crippen molar-refractivity contribution in [2.45, 2.75) is 6.42 Å². The summed E-state index contributed by atoms with van der Waals surface area (Å²) < 4.78 is 0.881. The molecule has 0 bridgehead atoms. The normalized spacial score (nSPS) is 10.2. The summed E-state index contributed by atoms with van der Waals surface area (Å²) in [6.45, 7) is 1.02. The smallest absolute Gasteiger partial charge is 0.0931 e. The van der Waals surface area contributed by atoms with Crippen molar-refractivity contribution in [3.05, 3.63) is 21.3 Å². The van der Waals surface area contributed by atoms with Crippen molar-refractivity contribution in [1.82, 2.24) is 5.32 Å². The van der Waals surface area contributed by atoms with Crippen LogP contribution in [-0.2, 0) is 6.42 Å². The number of rotatable bonds is 3. The number of thiophene rings is 1. The van der Waals surface area contributed by atoms with Crippen molar-refractivity contribution >= 4 is 22.9 Å².